The van der Waals surface area contributed by atoms with Gasteiger partial charge in [-0.2, -0.15) is 0 Å². The highest BCUT2D eigenvalue weighted by atomic mass is 16.5. The summed E-state index contributed by atoms with van der Waals surface area (Å²) in [6.45, 7) is 0.876. The molecule has 98 valence electrons. The molecule has 0 heterocycles. The third-order valence-electron chi connectivity index (χ3n) is 2.28. The molecule has 1 aromatic carbocycles. The van der Waals surface area contributed by atoms with Gasteiger partial charge in [0, 0.05) is 12.2 Å². The lowest BCUT2D eigenvalue weighted by Crippen LogP contribution is -2.31. The highest BCUT2D eigenvalue weighted by Crippen LogP contribution is 2.07. The third-order valence-corrected chi connectivity index (χ3v) is 2.28. The Morgan fingerprint density at radius 3 is 2.61 bits per heavy atom. The summed E-state index contributed by atoms with van der Waals surface area (Å²) in [6, 6.07) is 4.17. The van der Waals surface area contributed by atoms with E-state index in [-0.39, 0.29) is 23.3 Å². The fourth-order valence-electron chi connectivity index (χ4n) is 1.35. The average molecular weight is 252 g/mol. The van der Waals surface area contributed by atoms with Gasteiger partial charge in [0.25, 0.3) is 0 Å². The first kappa shape index (κ1) is 14.5. The molecule has 0 unspecified atom stereocenters. The number of benzene rings is 1. The molecule has 0 aliphatic heterocycles. The summed E-state index contributed by atoms with van der Waals surface area (Å²) < 4.78 is 5.03. The molecule has 0 saturated carbocycles. The Hall–Kier alpha value is -1.57. The molecular formula is C11H17BN2O4. The Morgan fingerprint density at radius 2 is 2.06 bits per heavy atom. The van der Waals surface area contributed by atoms with Crippen molar-refractivity contribution in [2.75, 3.05) is 33.0 Å². The van der Waals surface area contributed by atoms with Crippen LogP contribution in [0.25, 0.3) is 0 Å². The van der Waals surface area contributed by atoms with Crippen LogP contribution < -0.4 is 11.2 Å². The molecule has 0 bridgehead atoms. The fraction of sp³-hybridized carbons (Fsp3) is 0.364. The van der Waals surface area contributed by atoms with Crippen molar-refractivity contribution in [2.45, 2.75) is 0 Å². The molecule has 0 radical (unpaired) electrons. The first-order chi connectivity index (χ1) is 8.40. The first-order valence-corrected chi connectivity index (χ1v) is 5.48. The van der Waals surface area contributed by atoms with Crippen LogP contribution in [0.4, 0.5) is 5.69 Å². The molecule has 0 atom stereocenters. The predicted molar refractivity (Wildman–Crippen MR) is 69.5 cm³/mol. The van der Waals surface area contributed by atoms with Gasteiger partial charge in [-0.15, -0.1) is 0 Å². The maximum Gasteiger partial charge on any atom is 0.488 e. The van der Waals surface area contributed by atoms with E-state index in [0.717, 1.165) is 0 Å². The average Bonchev–Trinajstić information content (AvgIpc) is 2.27. The van der Waals surface area contributed by atoms with Crippen LogP contribution in [0.1, 0.15) is 10.4 Å². The highest BCUT2D eigenvalue weighted by molar-refractivity contribution is 6.58. The van der Waals surface area contributed by atoms with Gasteiger partial charge in [0.2, 0.25) is 0 Å². The van der Waals surface area contributed by atoms with Crippen molar-refractivity contribution in [1.29, 1.82) is 0 Å². The molecule has 0 aliphatic rings. The van der Waals surface area contributed by atoms with E-state index < -0.39 is 13.1 Å². The number of hydrogen-bond acceptors (Lipinski definition) is 6. The van der Waals surface area contributed by atoms with Gasteiger partial charge in [-0.1, -0.05) is 0 Å². The van der Waals surface area contributed by atoms with Crippen molar-refractivity contribution in [3.05, 3.63) is 23.8 Å². The number of anilines is 1. The van der Waals surface area contributed by atoms with E-state index in [1.54, 1.807) is 0 Å². The van der Waals surface area contributed by atoms with Gasteiger partial charge in [-0.3, -0.25) is 0 Å². The van der Waals surface area contributed by atoms with Crippen LogP contribution in [0.5, 0.6) is 0 Å². The Balaban J connectivity index is 2.73. The van der Waals surface area contributed by atoms with Crippen LogP contribution in [0, 0.1) is 0 Å². The number of nitrogens with zero attached hydrogens (tertiary/aromatic N) is 1. The van der Waals surface area contributed by atoms with E-state index >= 15 is 0 Å². The van der Waals surface area contributed by atoms with Crippen LogP contribution in [-0.4, -0.2) is 55.3 Å². The number of rotatable bonds is 5. The number of likely N-dealkylation sites (N-methyl/N-ethyl adjacent to an activating group) is 1. The van der Waals surface area contributed by atoms with Crippen molar-refractivity contribution in [3.63, 3.8) is 0 Å². The maximum absolute atomic E-state index is 11.7. The normalized spacial score (nSPS) is 10.5. The Morgan fingerprint density at radius 1 is 1.39 bits per heavy atom. The monoisotopic (exact) mass is 252 g/mol. The minimum atomic E-state index is -1.66. The fourth-order valence-corrected chi connectivity index (χ4v) is 1.35. The molecule has 4 N–H and O–H groups in total. The topological polar surface area (TPSA) is 96.0 Å². The second-order valence-corrected chi connectivity index (χ2v) is 4.20. The maximum atomic E-state index is 11.7. The molecule has 7 heteroatoms. The Labute approximate surface area is 106 Å². The number of ether oxygens (including phenoxy) is 1. The molecule has 1 aromatic rings. The lowest BCUT2D eigenvalue weighted by Gasteiger charge is -2.11. The molecule has 0 saturated heterocycles. The molecule has 6 nitrogen and oxygen atoms in total. The molecule has 0 amide bonds. The molecule has 0 fully saturated rings. The minimum Gasteiger partial charge on any atom is -0.461 e. The van der Waals surface area contributed by atoms with Crippen molar-refractivity contribution in [3.8, 4) is 0 Å². The minimum absolute atomic E-state index is 0.162. The van der Waals surface area contributed by atoms with Crippen molar-refractivity contribution < 1.29 is 19.6 Å². The van der Waals surface area contributed by atoms with Crippen LogP contribution >= 0.6 is 0 Å². The lowest BCUT2D eigenvalue weighted by atomic mass is 9.79. The molecule has 18 heavy (non-hydrogen) atoms. The molecular weight excluding hydrogens is 235 g/mol. The van der Waals surface area contributed by atoms with Gasteiger partial charge in [-0.25, -0.2) is 4.79 Å². The number of nitrogens with two attached hydrogens (primary N) is 1. The van der Waals surface area contributed by atoms with E-state index in [4.69, 9.17) is 20.5 Å². The largest absolute Gasteiger partial charge is 0.488 e. The van der Waals surface area contributed by atoms with E-state index in [2.05, 4.69) is 0 Å². The molecule has 0 aromatic heterocycles. The van der Waals surface area contributed by atoms with Gasteiger partial charge in [-0.05, 0) is 37.8 Å². The number of esters is 1. The van der Waals surface area contributed by atoms with E-state index in [1.165, 1.54) is 18.2 Å². The van der Waals surface area contributed by atoms with Crippen LogP contribution in [0.3, 0.4) is 0 Å². The number of carbonyl (C=O) groups is 1. The quantitative estimate of drug-likeness (QED) is 0.341. The van der Waals surface area contributed by atoms with Crippen molar-refractivity contribution in [1.82, 2.24) is 4.90 Å². The van der Waals surface area contributed by atoms with Crippen molar-refractivity contribution in [2.24, 2.45) is 0 Å². The zero-order valence-corrected chi connectivity index (χ0v) is 10.5. The summed E-state index contributed by atoms with van der Waals surface area (Å²) in [7, 11) is 2.07. The smallest absolute Gasteiger partial charge is 0.461 e. The zero-order chi connectivity index (χ0) is 13.7. The van der Waals surface area contributed by atoms with Crippen molar-refractivity contribution >= 4 is 24.2 Å². The number of hydrogen-bond donors (Lipinski definition) is 3. The Kier molecular flexibility index (Phi) is 5.15. The predicted octanol–water partition coefficient (Wildman–Crippen LogP) is -1.33. The van der Waals surface area contributed by atoms with E-state index in [1.807, 2.05) is 19.0 Å². The lowest BCUT2D eigenvalue weighted by molar-refractivity contribution is 0.0482. The molecule has 0 spiro atoms. The summed E-state index contributed by atoms with van der Waals surface area (Å²) >= 11 is 0. The summed E-state index contributed by atoms with van der Waals surface area (Å²) in [5.74, 6) is -0.536. The van der Waals surface area contributed by atoms with Gasteiger partial charge in [0.15, 0.2) is 0 Å². The second kappa shape index (κ2) is 6.39. The van der Waals surface area contributed by atoms with Crippen LogP contribution in [0.15, 0.2) is 18.2 Å². The zero-order valence-electron chi connectivity index (χ0n) is 10.5. The van der Waals surface area contributed by atoms with Gasteiger partial charge >= 0.3 is 13.1 Å². The summed E-state index contributed by atoms with van der Waals surface area (Å²) in [5, 5.41) is 18.1. The van der Waals surface area contributed by atoms with Crippen LogP contribution in [0.2, 0.25) is 0 Å². The van der Waals surface area contributed by atoms with Gasteiger partial charge in [0.05, 0.1) is 5.56 Å². The number of carbonyl (C=O) groups excluding carboxylic acids is 1. The van der Waals surface area contributed by atoms with E-state index in [9.17, 15) is 4.79 Å². The first-order valence-electron chi connectivity index (χ1n) is 5.48. The summed E-state index contributed by atoms with van der Waals surface area (Å²) in [5.41, 5.74) is 6.22. The standard InChI is InChI=1S/C11H17BN2O4/c1-14(2)3-4-18-11(15)8-5-9(12(16)17)7-10(13)6-8/h5-7,16-17H,3-4,13H2,1-2H3. The second-order valence-electron chi connectivity index (χ2n) is 4.20. The number of nitrogen functional groups attached to an aromatic ring is 1. The summed E-state index contributed by atoms with van der Waals surface area (Å²) in [6.07, 6.45) is 0. The highest BCUT2D eigenvalue weighted by Gasteiger charge is 2.16. The van der Waals surface area contributed by atoms with E-state index in [0.29, 0.717) is 6.54 Å². The SMILES string of the molecule is CN(C)CCOC(=O)c1cc(N)cc(B(O)O)c1. The van der Waals surface area contributed by atoms with Crippen LogP contribution in [-0.2, 0) is 4.74 Å². The van der Waals surface area contributed by atoms with Gasteiger partial charge < -0.3 is 25.4 Å². The summed E-state index contributed by atoms with van der Waals surface area (Å²) in [4.78, 5) is 13.6. The Bertz CT molecular complexity index is 424. The molecule has 1 rings (SSSR count). The third kappa shape index (κ3) is 4.36. The van der Waals surface area contributed by atoms with Gasteiger partial charge in [0.1, 0.15) is 6.61 Å². The molecule has 0 aliphatic carbocycles.